The second kappa shape index (κ2) is 10.9. The van der Waals surface area contributed by atoms with Crippen LogP contribution in [0, 0.1) is 5.82 Å². The van der Waals surface area contributed by atoms with Gasteiger partial charge in [-0.15, -0.1) is 11.3 Å². The molecule has 3 aromatic rings. The second-order valence-corrected chi connectivity index (χ2v) is 8.06. The van der Waals surface area contributed by atoms with E-state index < -0.39 is 11.9 Å². The molecule has 32 heavy (non-hydrogen) atoms. The van der Waals surface area contributed by atoms with Crippen molar-refractivity contribution in [3.63, 3.8) is 0 Å². The lowest BCUT2D eigenvalue weighted by atomic mass is 10.2. The second-order valence-electron chi connectivity index (χ2n) is 7.06. The number of aromatic nitrogens is 1. The molecule has 0 fully saturated rings. The summed E-state index contributed by atoms with van der Waals surface area (Å²) in [6, 6.07) is 9.58. The fraction of sp³-hybridized carbons (Fsp3) is 0.261. The summed E-state index contributed by atoms with van der Waals surface area (Å²) in [5.74, 6) is -1.40. The molecule has 1 aromatic carbocycles. The predicted octanol–water partition coefficient (Wildman–Crippen LogP) is 3.95. The van der Waals surface area contributed by atoms with Crippen molar-refractivity contribution in [3.05, 3.63) is 64.4 Å². The first kappa shape index (κ1) is 23.5. The number of fused-ring (bicyclic) bond motifs is 1. The van der Waals surface area contributed by atoms with Crippen LogP contribution in [-0.2, 0) is 20.8 Å². The van der Waals surface area contributed by atoms with Crippen molar-refractivity contribution in [3.8, 4) is 0 Å². The number of esters is 1. The monoisotopic (exact) mass is 457 g/mol. The Balaban J connectivity index is 1.85. The minimum atomic E-state index is -0.559. The molecule has 0 unspecified atom stereocenters. The number of thiophene rings is 1. The van der Waals surface area contributed by atoms with Gasteiger partial charge in [-0.05, 0) is 43.0 Å². The molecule has 3 rings (SSSR count). The summed E-state index contributed by atoms with van der Waals surface area (Å²) in [4.78, 5) is 32.4. The number of benzene rings is 1. The van der Waals surface area contributed by atoms with E-state index in [1.807, 2.05) is 19.2 Å². The molecule has 7 nitrogen and oxygen atoms in total. The largest absolute Gasteiger partial charge is 0.465 e. The predicted molar refractivity (Wildman–Crippen MR) is 123 cm³/mol. The van der Waals surface area contributed by atoms with Gasteiger partial charge < -0.3 is 14.8 Å². The van der Waals surface area contributed by atoms with E-state index in [4.69, 9.17) is 9.47 Å². The van der Waals surface area contributed by atoms with E-state index in [9.17, 15) is 14.0 Å². The highest BCUT2D eigenvalue weighted by molar-refractivity contribution is 7.21. The summed E-state index contributed by atoms with van der Waals surface area (Å²) < 4.78 is 23.3. The Morgan fingerprint density at radius 1 is 1.25 bits per heavy atom. The van der Waals surface area contributed by atoms with Crippen LogP contribution in [0.2, 0.25) is 0 Å². The van der Waals surface area contributed by atoms with Gasteiger partial charge in [0, 0.05) is 31.7 Å². The zero-order chi connectivity index (χ0) is 23.1. The van der Waals surface area contributed by atoms with Gasteiger partial charge in [0.25, 0.3) is 0 Å². The number of hydrogen-bond acceptors (Lipinski definition) is 7. The van der Waals surface area contributed by atoms with Gasteiger partial charge in [0.1, 0.15) is 15.5 Å². The van der Waals surface area contributed by atoms with E-state index in [2.05, 4.69) is 15.2 Å². The van der Waals surface area contributed by atoms with Crippen LogP contribution >= 0.6 is 11.3 Å². The Morgan fingerprint density at radius 2 is 2.06 bits per heavy atom. The van der Waals surface area contributed by atoms with E-state index in [-0.39, 0.29) is 10.7 Å². The van der Waals surface area contributed by atoms with Crippen molar-refractivity contribution in [2.24, 2.45) is 0 Å². The first-order chi connectivity index (χ1) is 15.4. The summed E-state index contributed by atoms with van der Waals surface area (Å²) >= 11 is 1.16. The third kappa shape index (κ3) is 5.97. The van der Waals surface area contributed by atoms with Gasteiger partial charge in [-0.1, -0.05) is 12.1 Å². The molecule has 168 valence electrons. The van der Waals surface area contributed by atoms with Crippen LogP contribution in [0.4, 0.5) is 10.1 Å². The van der Waals surface area contributed by atoms with Crippen molar-refractivity contribution in [2.45, 2.75) is 6.54 Å². The highest BCUT2D eigenvalue weighted by atomic mass is 32.1. The lowest BCUT2D eigenvalue weighted by Gasteiger charge is -2.15. The van der Waals surface area contributed by atoms with Crippen LogP contribution in [0.5, 0.6) is 0 Å². The number of nitrogens with zero attached hydrogens (tertiary/aromatic N) is 2. The minimum absolute atomic E-state index is 0.257. The molecular formula is C23H24FN3O4S. The molecule has 0 aliphatic carbocycles. The molecule has 0 aliphatic heterocycles. The molecule has 0 saturated carbocycles. The summed E-state index contributed by atoms with van der Waals surface area (Å²) in [6.07, 6.45) is 2.78. The van der Waals surface area contributed by atoms with E-state index in [0.29, 0.717) is 34.6 Å². The number of carbonyl (C=O) groups excluding carboxylic acids is 2. The smallest absolute Gasteiger partial charge is 0.350 e. The number of amides is 1. The third-order valence-corrected chi connectivity index (χ3v) is 5.70. The fourth-order valence-electron chi connectivity index (χ4n) is 3.02. The minimum Gasteiger partial charge on any atom is -0.465 e. The number of halogens is 1. The van der Waals surface area contributed by atoms with Crippen LogP contribution < -0.4 is 5.32 Å². The van der Waals surface area contributed by atoms with Gasteiger partial charge in [0.05, 0.1) is 25.1 Å². The van der Waals surface area contributed by atoms with E-state index in [1.165, 1.54) is 31.4 Å². The van der Waals surface area contributed by atoms with Crippen LogP contribution in [0.3, 0.4) is 0 Å². The van der Waals surface area contributed by atoms with Gasteiger partial charge >= 0.3 is 5.97 Å². The molecule has 9 heteroatoms. The van der Waals surface area contributed by atoms with Crippen molar-refractivity contribution in [1.82, 2.24) is 9.88 Å². The maximum Gasteiger partial charge on any atom is 0.350 e. The average Bonchev–Trinajstić information content (AvgIpc) is 3.13. The maximum atomic E-state index is 13.3. The molecule has 0 aliphatic rings. The van der Waals surface area contributed by atoms with Crippen LogP contribution in [0.25, 0.3) is 16.3 Å². The number of ether oxygens (including phenoxy) is 2. The molecular weight excluding hydrogens is 433 g/mol. The van der Waals surface area contributed by atoms with Crippen LogP contribution in [0.15, 0.2) is 42.5 Å². The fourth-order valence-corrected chi connectivity index (χ4v) is 4.08. The van der Waals surface area contributed by atoms with Crippen LogP contribution in [-0.4, -0.2) is 56.2 Å². The summed E-state index contributed by atoms with van der Waals surface area (Å²) in [5.41, 5.74) is 1.72. The normalized spacial score (nSPS) is 11.4. The Labute approximate surface area is 189 Å². The molecule has 2 heterocycles. The van der Waals surface area contributed by atoms with Gasteiger partial charge in [0.2, 0.25) is 5.91 Å². The SMILES string of the molecule is COCCN(C)Cc1ccc2c(NC(=O)C=Cc3cccc(F)c3)c(C(=O)OC)sc2n1. The number of pyridine rings is 1. The number of hydrogen-bond donors (Lipinski definition) is 1. The molecule has 0 atom stereocenters. The average molecular weight is 458 g/mol. The number of nitrogens with one attached hydrogen (secondary N) is 1. The van der Waals surface area contributed by atoms with Crippen LogP contribution in [0.1, 0.15) is 20.9 Å². The summed E-state index contributed by atoms with van der Waals surface area (Å²) in [7, 11) is 4.91. The number of rotatable bonds is 9. The zero-order valence-corrected chi connectivity index (χ0v) is 18.9. The number of anilines is 1. The molecule has 0 bridgehead atoms. The first-order valence-corrected chi connectivity index (χ1v) is 10.7. The lowest BCUT2D eigenvalue weighted by Crippen LogP contribution is -2.22. The van der Waals surface area contributed by atoms with E-state index in [0.717, 1.165) is 23.6 Å². The Morgan fingerprint density at radius 3 is 2.78 bits per heavy atom. The van der Waals surface area contributed by atoms with Gasteiger partial charge in [-0.25, -0.2) is 14.2 Å². The summed E-state index contributed by atoms with van der Waals surface area (Å²) in [5, 5.41) is 3.39. The molecule has 0 spiro atoms. The van der Waals surface area contributed by atoms with Gasteiger partial charge in [-0.2, -0.15) is 0 Å². The number of likely N-dealkylation sites (N-methyl/N-ethyl adjacent to an activating group) is 1. The highest BCUT2D eigenvalue weighted by Gasteiger charge is 2.21. The topological polar surface area (TPSA) is 80.8 Å². The Bertz CT molecular complexity index is 1150. The molecule has 0 saturated heterocycles. The quantitative estimate of drug-likeness (QED) is 0.387. The lowest BCUT2D eigenvalue weighted by molar-refractivity contribution is -0.111. The zero-order valence-electron chi connectivity index (χ0n) is 18.1. The van der Waals surface area contributed by atoms with Crippen molar-refractivity contribution >= 4 is 45.2 Å². The summed E-state index contributed by atoms with van der Waals surface area (Å²) in [6.45, 7) is 1.99. The molecule has 1 amide bonds. The van der Waals surface area contributed by atoms with Crippen molar-refractivity contribution in [1.29, 1.82) is 0 Å². The standard InChI is InChI=1S/C23H24FN3O4S/c1-27(11-12-30-2)14-17-8-9-18-20(21(23(29)31-3)32-22(18)25-17)26-19(28)10-7-15-5-4-6-16(24)13-15/h4-10,13H,11-12,14H2,1-3H3,(H,26,28). The van der Waals surface area contributed by atoms with Crippen molar-refractivity contribution < 1.29 is 23.5 Å². The molecule has 2 aromatic heterocycles. The Kier molecular flexibility index (Phi) is 8.04. The van der Waals surface area contributed by atoms with Gasteiger partial charge in [-0.3, -0.25) is 9.69 Å². The van der Waals surface area contributed by atoms with E-state index >= 15 is 0 Å². The maximum absolute atomic E-state index is 13.3. The third-order valence-electron chi connectivity index (χ3n) is 4.62. The Hall–Kier alpha value is -3.14. The molecule has 0 radical (unpaired) electrons. The van der Waals surface area contributed by atoms with E-state index in [1.54, 1.807) is 19.2 Å². The number of methoxy groups -OCH3 is 2. The van der Waals surface area contributed by atoms with Crippen molar-refractivity contribution in [2.75, 3.05) is 39.7 Å². The van der Waals surface area contributed by atoms with Gasteiger partial charge in [0.15, 0.2) is 0 Å². The number of carbonyl (C=O) groups is 2. The highest BCUT2D eigenvalue weighted by Crippen LogP contribution is 2.35. The molecule has 1 N–H and O–H groups in total. The first-order valence-electron chi connectivity index (χ1n) is 9.84.